The highest BCUT2D eigenvalue weighted by molar-refractivity contribution is 7.90. The van der Waals surface area contributed by atoms with Gasteiger partial charge < -0.3 is 9.64 Å². The summed E-state index contributed by atoms with van der Waals surface area (Å²) in [6.45, 7) is 0.246. The molecule has 0 saturated heterocycles. The van der Waals surface area contributed by atoms with Crippen LogP contribution in [0.25, 0.3) is 0 Å². The molecule has 0 radical (unpaired) electrons. The standard InChI is InChI=1S/C15H17N3O4S/c1-23(20,21)14-6-4-13(5-7-14)22-12-15(19)18(10-2-8-16)11-3-9-17/h4-7H,2-3,10-12H2,1H3. The summed E-state index contributed by atoms with van der Waals surface area (Å²) >= 11 is 0. The first-order valence-corrected chi connectivity index (χ1v) is 8.72. The van der Waals surface area contributed by atoms with Crippen molar-refractivity contribution in [3.8, 4) is 17.9 Å². The van der Waals surface area contributed by atoms with Crippen LogP contribution < -0.4 is 4.74 Å². The van der Waals surface area contributed by atoms with Crippen LogP contribution >= 0.6 is 0 Å². The minimum absolute atomic E-state index is 0.167. The van der Waals surface area contributed by atoms with Crippen LogP contribution in [0.4, 0.5) is 0 Å². The van der Waals surface area contributed by atoms with Gasteiger partial charge in [-0.1, -0.05) is 0 Å². The van der Waals surface area contributed by atoms with E-state index in [1.165, 1.54) is 29.2 Å². The van der Waals surface area contributed by atoms with Crippen molar-refractivity contribution in [3.05, 3.63) is 24.3 Å². The molecular formula is C15H17N3O4S. The Hall–Kier alpha value is -2.58. The second-order valence-corrected chi connectivity index (χ2v) is 6.74. The molecule has 0 saturated carbocycles. The van der Waals surface area contributed by atoms with Crippen molar-refractivity contribution in [1.29, 1.82) is 10.5 Å². The van der Waals surface area contributed by atoms with Gasteiger partial charge in [-0.2, -0.15) is 10.5 Å². The number of benzene rings is 1. The number of hydrogen-bond donors (Lipinski definition) is 0. The van der Waals surface area contributed by atoms with Crippen molar-refractivity contribution in [1.82, 2.24) is 4.90 Å². The Morgan fingerprint density at radius 2 is 1.65 bits per heavy atom. The topological polar surface area (TPSA) is 111 Å². The van der Waals surface area contributed by atoms with E-state index in [1.807, 2.05) is 12.1 Å². The molecule has 0 spiro atoms. The monoisotopic (exact) mass is 335 g/mol. The minimum Gasteiger partial charge on any atom is -0.484 e. The fraction of sp³-hybridized carbons (Fsp3) is 0.400. The molecule has 23 heavy (non-hydrogen) atoms. The van der Waals surface area contributed by atoms with Crippen LogP contribution in [0.3, 0.4) is 0 Å². The molecule has 7 nitrogen and oxygen atoms in total. The third-order valence-corrected chi connectivity index (χ3v) is 4.08. The molecule has 0 atom stereocenters. The summed E-state index contributed by atoms with van der Waals surface area (Å²) in [5.41, 5.74) is 0. The van der Waals surface area contributed by atoms with E-state index in [1.54, 1.807) is 0 Å². The van der Waals surface area contributed by atoms with Crippen LogP contribution in [0.2, 0.25) is 0 Å². The maximum atomic E-state index is 12.0. The second-order valence-electron chi connectivity index (χ2n) is 4.73. The molecule has 1 rings (SSSR count). The summed E-state index contributed by atoms with van der Waals surface area (Å²) < 4.78 is 28.0. The number of nitriles is 2. The molecule has 0 unspecified atom stereocenters. The zero-order valence-corrected chi connectivity index (χ0v) is 13.5. The predicted octanol–water partition coefficient (Wildman–Crippen LogP) is 1.12. The highest BCUT2D eigenvalue weighted by atomic mass is 32.2. The van der Waals surface area contributed by atoms with Gasteiger partial charge >= 0.3 is 0 Å². The highest BCUT2D eigenvalue weighted by Crippen LogP contribution is 2.15. The van der Waals surface area contributed by atoms with E-state index in [2.05, 4.69) is 0 Å². The molecule has 0 fully saturated rings. The molecule has 0 bridgehead atoms. The summed E-state index contributed by atoms with van der Waals surface area (Å²) in [5.74, 6) is 0.0361. The van der Waals surface area contributed by atoms with E-state index >= 15 is 0 Å². The van der Waals surface area contributed by atoms with Crippen LogP contribution in [-0.4, -0.2) is 45.2 Å². The molecule has 0 aromatic heterocycles. The third-order valence-electron chi connectivity index (χ3n) is 2.95. The Balaban J connectivity index is 2.62. The van der Waals surface area contributed by atoms with Crippen LogP contribution in [0.5, 0.6) is 5.75 Å². The molecule has 0 aliphatic carbocycles. The first-order chi connectivity index (χ1) is 10.9. The third kappa shape index (κ3) is 6.37. The number of carbonyl (C=O) groups is 1. The Morgan fingerprint density at radius 3 is 2.09 bits per heavy atom. The van der Waals surface area contributed by atoms with Crippen LogP contribution in [0, 0.1) is 22.7 Å². The van der Waals surface area contributed by atoms with Crippen molar-refractivity contribution < 1.29 is 17.9 Å². The molecule has 1 aromatic carbocycles. The SMILES string of the molecule is CS(=O)(=O)c1ccc(OCC(=O)N(CCC#N)CCC#N)cc1. The lowest BCUT2D eigenvalue weighted by atomic mass is 10.3. The maximum Gasteiger partial charge on any atom is 0.260 e. The molecule has 0 aliphatic rings. The van der Waals surface area contributed by atoms with Crippen LogP contribution in [-0.2, 0) is 14.6 Å². The van der Waals surface area contributed by atoms with E-state index in [0.717, 1.165) is 6.26 Å². The van der Waals surface area contributed by atoms with Gasteiger partial charge in [-0.15, -0.1) is 0 Å². The second kappa shape index (κ2) is 8.76. The smallest absolute Gasteiger partial charge is 0.260 e. The van der Waals surface area contributed by atoms with Gasteiger partial charge in [0.25, 0.3) is 5.91 Å². The average molecular weight is 335 g/mol. The molecule has 122 valence electrons. The van der Waals surface area contributed by atoms with Gasteiger partial charge in [0.15, 0.2) is 16.4 Å². The number of rotatable bonds is 8. The van der Waals surface area contributed by atoms with E-state index in [0.29, 0.717) is 5.75 Å². The summed E-state index contributed by atoms with van der Waals surface area (Å²) in [5, 5.41) is 17.2. The van der Waals surface area contributed by atoms with Gasteiger partial charge in [-0.3, -0.25) is 4.79 Å². The summed E-state index contributed by atoms with van der Waals surface area (Å²) in [6, 6.07) is 9.64. The number of ether oxygens (including phenoxy) is 1. The van der Waals surface area contributed by atoms with E-state index < -0.39 is 9.84 Å². The molecule has 1 amide bonds. The van der Waals surface area contributed by atoms with E-state index in [-0.39, 0.29) is 43.3 Å². The van der Waals surface area contributed by atoms with Crippen LogP contribution in [0.15, 0.2) is 29.2 Å². The molecule has 0 heterocycles. The van der Waals surface area contributed by atoms with Gasteiger partial charge in [0.1, 0.15) is 5.75 Å². The van der Waals surface area contributed by atoms with Crippen LogP contribution in [0.1, 0.15) is 12.8 Å². The van der Waals surface area contributed by atoms with Crippen molar-refractivity contribution in [2.75, 3.05) is 26.0 Å². The Bertz CT molecular complexity index is 697. The van der Waals surface area contributed by atoms with Gasteiger partial charge in [-0.25, -0.2) is 8.42 Å². The fourth-order valence-electron chi connectivity index (χ4n) is 1.75. The molecule has 1 aromatic rings. The summed E-state index contributed by atoms with van der Waals surface area (Å²) in [6.07, 6.45) is 1.47. The number of hydrogen-bond acceptors (Lipinski definition) is 6. The normalized spacial score (nSPS) is 10.4. The Morgan fingerprint density at radius 1 is 1.13 bits per heavy atom. The maximum absolute atomic E-state index is 12.0. The first kappa shape index (κ1) is 18.5. The Kier molecular flexibility index (Phi) is 7.04. The molecule has 8 heteroatoms. The summed E-state index contributed by atoms with van der Waals surface area (Å²) in [4.78, 5) is 13.6. The zero-order valence-electron chi connectivity index (χ0n) is 12.7. The average Bonchev–Trinajstić information content (AvgIpc) is 2.52. The van der Waals surface area contributed by atoms with Gasteiger partial charge in [-0.05, 0) is 24.3 Å². The minimum atomic E-state index is -3.28. The zero-order chi connectivity index (χ0) is 17.3. The number of sulfone groups is 1. The highest BCUT2D eigenvalue weighted by Gasteiger charge is 2.14. The number of carbonyl (C=O) groups excluding carboxylic acids is 1. The number of amides is 1. The lowest BCUT2D eigenvalue weighted by Gasteiger charge is -2.20. The van der Waals surface area contributed by atoms with Gasteiger partial charge in [0, 0.05) is 19.3 Å². The quantitative estimate of drug-likeness (QED) is 0.704. The Labute approximate surface area is 135 Å². The summed E-state index contributed by atoms with van der Waals surface area (Å²) in [7, 11) is -3.28. The molecule has 0 N–H and O–H groups in total. The van der Waals surface area contributed by atoms with Crippen molar-refractivity contribution in [3.63, 3.8) is 0 Å². The van der Waals surface area contributed by atoms with Crippen molar-refractivity contribution in [2.45, 2.75) is 17.7 Å². The van der Waals surface area contributed by atoms with Crippen molar-refractivity contribution >= 4 is 15.7 Å². The van der Waals surface area contributed by atoms with Gasteiger partial charge in [0.05, 0.1) is 29.9 Å². The molecular weight excluding hydrogens is 318 g/mol. The fourth-order valence-corrected chi connectivity index (χ4v) is 2.38. The van der Waals surface area contributed by atoms with E-state index in [4.69, 9.17) is 15.3 Å². The van der Waals surface area contributed by atoms with E-state index in [9.17, 15) is 13.2 Å². The predicted molar refractivity (Wildman–Crippen MR) is 82.1 cm³/mol. The number of nitrogens with zero attached hydrogens (tertiary/aromatic N) is 3. The molecule has 0 aliphatic heterocycles. The van der Waals surface area contributed by atoms with Crippen molar-refractivity contribution in [2.24, 2.45) is 0 Å². The largest absolute Gasteiger partial charge is 0.484 e. The lowest BCUT2D eigenvalue weighted by molar-refractivity contribution is -0.133. The first-order valence-electron chi connectivity index (χ1n) is 6.83. The van der Waals surface area contributed by atoms with Gasteiger partial charge in [0.2, 0.25) is 0 Å². The lowest BCUT2D eigenvalue weighted by Crippen LogP contribution is -2.36.